The van der Waals surface area contributed by atoms with E-state index in [0.29, 0.717) is 6.04 Å². The highest BCUT2D eigenvalue weighted by atomic mass is 32.1. The third-order valence-electron chi connectivity index (χ3n) is 2.63. The molecule has 1 N–H and O–H groups in total. The van der Waals surface area contributed by atoms with E-state index < -0.39 is 0 Å². The molecular formula is C12H23N3S. The Morgan fingerprint density at radius 2 is 2.00 bits per heavy atom. The first kappa shape index (κ1) is 13.6. The van der Waals surface area contributed by atoms with E-state index in [1.54, 1.807) is 11.3 Å². The van der Waals surface area contributed by atoms with Crippen molar-refractivity contribution in [3.05, 3.63) is 10.0 Å². The van der Waals surface area contributed by atoms with E-state index >= 15 is 0 Å². The van der Waals surface area contributed by atoms with Gasteiger partial charge in [-0.2, -0.15) is 0 Å². The van der Waals surface area contributed by atoms with Crippen LogP contribution in [-0.4, -0.2) is 16.7 Å². The average Bonchev–Trinajstić information content (AvgIpc) is 2.75. The predicted molar refractivity (Wildman–Crippen MR) is 69.8 cm³/mol. The van der Waals surface area contributed by atoms with Gasteiger partial charge in [0.05, 0.1) is 6.04 Å². The molecule has 1 aromatic heterocycles. The van der Waals surface area contributed by atoms with E-state index in [1.807, 2.05) is 0 Å². The SMILES string of the molecule is CCCCCc1nnc(C(CC)NCC)s1. The molecular weight excluding hydrogens is 218 g/mol. The quantitative estimate of drug-likeness (QED) is 0.709. The summed E-state index contributed by atoms with van der Waals surface area (Å²) >= 11 is 1.77. The van der Waals surface area contributed by atoms with E-state index in [2.05, 4.69) is 36.3 Å². The van der Waals surface area contributed by atoms with E-state index in [9.17, 15) is 0 Å². The van der Waals surface area contributed by atoms with Crippen molar-refractivity contribution < 1.29 is 0 Å². The Bertz CT molecular complexity index is 286. The van der Waals surface area contributed by atoms with Crippen LogP contribution in [0.25, 0.3) is 0 Å². The second-order valence-corrected chi connectivity index (χ2v) is 5.10. The molecule has 0 saturated heterocycles. The summed E-state index contributed by atoms with van der Waals surface area (Å²) in [5, 5.41) is 14.3. The largest absolute Gasteiger partial charge is 0.308 e. The molecule has 1 heterocycles. The molecule has 92 valence electrons. The predicted octanol–water partition coefficient (Wildman–Crippen LogP) is 3.33. The van der Waals surface area contributed by atoms with Gasteiger partial charge in [-0.3, -0.25) is 0 Å². The normalized spacial score (nSPS) is 12.9. The van der Waals surface area contributed by atoms with Gasteiger partial charge in [0.15, 0.2) is 0 Å². The molecule has 0 spiro atoms. The van der Waals surface area contributed by atoms with Crippen molar-refractivity contribution >= 4 is 11.3 Å². The Balaban J connectivity index is 2.48. The average molecular weight is 241 g/mol. The van der Waals surface area contributed by atoms with E-state index in [0.717, 1.165) is 24.4 Å². The highest BCUT2D eigenvalue weighted by Crippen LogP contribution is 2.21. The van der Waals surface area contributed by atoms with Gasteiger partial charge in [0, 0.05) is 6.42 Å². The van der Waals surface area contributed by atoms with Crippen molar-refractivity contribution in [3.8, 4) is 0 Å². The monoisotopic (exact) mass is 241 g/mol. The van der Waals surface area contributed by atoms with Crippen LogP contribution in [-0.2, 0) is 6.42 Å². The molecule has 0 aliphatic carbocycles. The van der Waals surface area contributed by atoms with Crippen molar-refractivity contribution in [1.29, 1.82) is 0 Å². The molecule has 1 rings (SSSR count). The maximum atomic E-state index is 4.29. The number of aryl methyl sites for hydroxylation is 1. The number of hydrogen-bond acceptors (Lipinski definition) is 4. The van der Waals surface area contributed by atoms with Crippen LogP contribution in [0.5, 0.6) is 0 Å². The smallest absolute Gasteiger partial charge is 0.134 e. The lowest BCUT2D eigenvalue weighted by Crippen LogP contribution is -2.19. The molecule has 1 aromatic rings. The Morgan fingerprint density at radius 1 is 1.19 bits per heavy atom. The number of nitrogens with zero attached hydrogens (tertiary/aromatic N) is 2. The van der Waals surface area contributed by atoms with E-state index in [1.165, 1.54) is 24.3 Å². The molecule has 4 heteroatoms. The number of nitrogens with one attached hydrogen (secondary N) is 1. The maximum absolute atomic E-state index is 4.29. The van der Waals surface area contributed by atoms with Crippen LogP contribution < -0.4 is 5.32 Å². The number of hydrogen-bond donors (Lipinski definition) is 1. The molecule has 0 bridgehead atoms. The summed E-state index contributed by atoms with van der Waals surface area (Å²) in [6.45, 7) is 7.53. The molecule has 0 aliphatic rings. The molecule has 0 radical (unpaired) electrons. The minimum Gasteiger partial charge on any atom is -0.308 e. The molecule has 3 nitrogen and oxygen atoms in total. The van der Waals surface area contributed by atoms with Gasteiger partial charge in [-0.15, -0.1) is 10.2 Å². The number of unbranched alkanes of at least 4 members (excludes halogenated alkanes) is 2. The summed E-state index contributed by atoms with van der Waals surface area (Å²) in [5.41, 5.74) is 0. The Morgan fingerprint density at radius 3 is 2.62 bits per heavy atom. The first-order valence-electron chi connectivity index (χ1n) is 6.37. The zero-order chi connectivity index (χ0) is 11.8. The molecule has 1 atom stereocenters. The van der Waals surface area contributed by atoms with Crippen molar-refractivity contribution in [2.75, 3.05) is 6.54 Å². The summed E-state index contributed by atoms with van der Waals surface area (Å²) in [6.07, 6.45) is 5.97. The fourth-order valence-corrected chi connectivity index (χ4v) is 2.73. The van der Waals surface area contributed by atoms with E-state index in [-0.39, 0.29) is 0 Å². The summed E-state index contributed by atoms with van der Waals surface area (Å²) in [4.78, 5) is 0. The molecule has 0 fully saturated rings. The van der Waals surface area contributed by atoms with Gasteiger partial charge in [0.1, 0.15) is 10.0 Å². The third kappa shape index (κ3) is 4.18. The van der Waals surface area contributed by atoms with Crippen molar-refractivity contribution in [2.24, 2.45) is 0 Å². The van der Waals surface area contributed by atoms with Gasteiger partial charge in [-0.25, -0.2) is 0 Å². The lowest BCUT2D eigenvalue weighted by atomic mass is 10.2. The lowest BCUT2D eigenvalue weighted by Gasteiger charge is -2.10. The van der Waals surface area contributed by atoms with Gasteiger partial charge in [0.2, 0.25) is 0 Å². The third-order valence-corrected chi connectivity index (χ3v) is 3.73. The first-order chi connectivity index (χ1) is 7.81. The Kier molecular flexibility index (Phi) is 6.57. The van der Waals surface area contributed by atoms with Gasteiger partial charge in [-0.1, -0.05) is 44.9 Å². The minimum absolute atomic E-state index is 0.391. The number of aromatic nitrogens is 2. The number of rotatable bonds is 8. The van der Waals surface area contributed by atoms with Gasteiger partial charge < -0.3 is 5.32 Å². The second-order valence-electron chi connectivity index (χ2n) is 4.01. The fourth-order valence-electron chi connectivity index (χ4n) is 1.69. The fraction of sp³-hybridized carbons (Fsp3) is 0.833. The maximum Gasteiger partial charge on any atom is 0.134 e. The van der Waals surface area contributed by atoms with Crippen LogP contribution in [0.3, 0.4) is 0 Å². The zero-order valence-corrected chi connectivity index (χ0v) is 11.4. The van der Waals surface area contributed by atoms with Crippen LogP contribution in [0.1, 0.15) is 62.5 Å². The van der Waals surface area contributed by atoms with Crippen molar-refractivity contribution in [2.45, 2.75) is 58.9 Å². The Hall–Kier alpha value is -0.480. The topological polar surface area (TPSA) is 37.8 Å². The van der Waals surface area contributed by atoms with Crippen molar-refractivity contribution in [1.82, 2.24) is 15.5 Å². The standard InChI is InChI=1S/C12H23N3S/c1-4-7-8-9-11-14-15-12(16-11)10(5-2)13-6-3/h10,13H,4-9H2,1-3H3. The molecule has 0 aliphatic heterocycles. The van der Waals surface area contributed by atoms with Crippen LogP contribution in [0.4, 0.5) is 0 Å². The zero-order valence-electron chi connectivity index (χ0n) is 10.6. The van der Waals surface area contributed by atoms with Crippen LogP contribution in [0.15, 0.2) is 0 Å². The van der Waals surface area contributed by atoms with Gasteiger partial charge >= 0.3 is 0 Å². The summed E-state index contributed by atoms with van der Waals surface area (Å²) in [7, 11) is 0. The lowest BCUT2D eigenvalue weighted by molar-refractivity contribution is 0.530. The van der Waals surface area contributed by atoms with Crippen LogP contribution in [0, 0.1) is 0 Å². The molecule has 1 unspecified atom stereocenters. The van der Waals surface area contributed by atoms with Crippen LogP contribution >= 0.6 is 11.3 Å². The highest BCUT2D eigenvalue weighted by Gasteiger charge is 2.13. The molecule has 0 saturated carbocycles. The molecule has 0 amide bonds. The van der Waals surface area contributed by atoms with Gasteiger partial charge in [0.25, 0.3) is 0 Å². The van der Waals surface area contributed by atoms with E-state index in [4.69, 9.17) is 0 Å². The summed E-state index contributed by atoms with van der Waals surface area (Å²) in [6, 6.07) is 0.391. The van der Waals surface area contributed by atoms with Crippen LogP contribution in [0.2, 0.25) is 0 Å². The highest BCUT2D eigenvalue weighted by molar-refractivity contribution is 7.11. The molecule has 0 aromatic carbocycles. The molecule has 16 heavy (non-hydrogen) atoms. The summed E-state index contributed by atoms with van der Waals surface area (Å²) in [5.74, 6) is 0. The van der Waals surface area contributed by atoms with Crippen molar-refractivity contribution in [3.63, 3.8) is 0 Å². The second kappa shape index (κ2) is 7.74. The minimum atomic E-state index is 0.391. The first-order valence-corrected chi connectivity index (χ1v) is 7.19. The van der Waals surface area contributed by atoms with Gasteiger partial charge in [-0.05, 0) is 19.4 Å². The Labute approximate surface area is 103 Å². The summed E-state index contributed by atoms with van der Waals surface area (Å²) < 4.78 is 0.